The molecule has 720 valence electrons. The van der Waals surface area contributed by atoms with Crippen molar-refractivity contribution >= 4 is 138 Å². The molecule has 0 bridgehead atoms. The molecule has 1 aliphatic heterocycles. The zero-order chi connectivity index (χ0) is 100. The third-order valence-electron chi connectivity index (χ3n) is 23.6. The summed E-state index contributed by atoms with van der Waals surface area (Å²) in [5, 5.41) is 28.8. The van der Waals surface area contributed by atoms with Gasteiger partial charge in [-0.2, -0.15) is 0 Å². The topological polar surface area (TPSA) is 280 Å². The molecular formula is C119H111Cl3N8O12. The summed E-state index contributed by atoms with van der Waals surface area (Å²) in [6, 6.07) is 115. The average molecular weight is 1950 g/mol. The second-order valence-electron chi connectivity index (χ2n) is 33.9. The number of likely N-dealkylation sites (N-methyl/N-ethyl adjacent to an activating group) is 1. The van der Waals surface area contributed by atoms with E-state index in [4.69, 9.17) is 34.8 Å². The van der Waals surface area contributed by atoms with E-state index in [2.05, 4.69) is 79.8 Å². The summed E-state index contributed by atoms with van der Waals surface area (Å²) in [5.41, 5.74) is 11.4. The first-order valence-corrected chi connectivity index (χ1v) is 48.4. The Bertz CT molecular complexity index is 6810. The summed E-state index contributed by atoms with van der Waals surface area (Å²) < 4.78 is 0. The average Bonchev–Trinajstić information content (AvgIpc) is 0.832. The Kier molecular flexibility index (Phi) is 41.5. The van der Waals surface area contributed by atoms with Gasteiger partial charge in [0.05, 0.1) is 43.9 Å². The van der Waals surface area contributed by atoms with Crippen LogP contribution < -0.4 is 26.6 Å². The highest BCUT2D eigenvalue weighted by atomic mass is 35.5. The normalized spacial score (nSPS) is 11.4. The van der Waals surface area contributed by atoms with Gasteiger partial charge in [-0.25, -0.2) is 0 Å². The molecule has 1 aliphatic rings. The molecule has 5 N–H and O–H groups in total. The number of para-hydroxylation sites is 6. The first-order chi connectivity index (χ1) is 69.1. The van der Waals surface area contributed by atoms with Crippen molar-refractivity contribution in [3.8, 4) is 0 Å². The smallest absolute Gasteiger partial charge is 0.282 e. The van der Waals surface area contributed by atoms with Gasteiger partial charge in [-0.1, -0.05) is 277 Å². The van der Waals surface area contributed by atoms with Gasteiger partial charge in [0.15, 0.2) is 28.9 Å². The van der Waals surface area contributed by atoms with Crippen molar-refractivity contribution in [2.45, 2.75) is 96.3 Å². The summed E-state index contributed by atoms with van der Waals surface area (Å²) in [6.45, 7) is 5.48. The number of anilines is 5. The maximum absolute atomic E-state index is 12.9. The van der Waals surface area contributed by atoms with Gasteiger partial charge in [-0.05, 0) is 244 Å². The van der Waals surface area contributed by atoms with Crippen LogP contribution >= 0.6 is 34.8 Å². The van der Waals surface area contributed by atoms with Gasteiger partial charge in [-0.15, -0.1) is 0 Å². The number of amides is 5. The van der Waals surface area contributed by atoms with Gasteiger partial charge in [0.2, 0.25) is 0 Å². The van der Waals surface area contributed by atoms with Crippen molar-refractivity contribution in [3.63, 3.8) is 0 Å². The van der Waals surface area contributed by atoms with E-state index in [0.717, 1.165) is 101 Å². The number of nitro groups is 1. The first kappa shape index (κ1) is 105. The fourth-order valence-electron chi connectivity index (χ4n) is 15.9. The highest BCUT2D eigenvalue weighted by molar-refractivity contribution is 6.34. The Labute approximate surface area is 843 Å². The number of carbonyl (C=O) groups is 10. The predicted molar refractivity (Wildman–Crippen MR) is 570 cm³/mol. The monoisotopic (exact) mass is 1950 g/mol. The molecule has 23 heteroatoms. The summed E-state index contributed by atoms with van der Waals surface area (Å²) in [7, 11) is 2.16. The molecule has 15 aromatic rings. The Morgan fingerprint density at radius 1 is 0.275 bits per heavy atom. The fourth-order valence-corrected chi connectivity index (χ4v) is 16.5. The van der Waals surface area contributed by atoms with Crippen LogP contribution in [0.4, 0.5) is 34.1 Å². The number of aryl methyl sites for hydroxylation is 4. The molecule has 16 rings (SSSR count). The Morgan fingerprint density at radius 2 is 0.585 bits per heavy atom. The highest BCUT2D eigenvalue weighted by Crippen LogP contribution is 2.30. The SMILES string of the molecule is CN1CCN(CCCCC(=O)c2ccccc2NC(=O)c2ccc3ccccc3c2)CC1.O=C(CCCc1ccccc1)c1ccccc1NC(=O)c1ccccc1[N+](=O)[O-].O=C(Nc1ccccc1C(=O)CCCc1ccccc1)c1ccc(Cl)cc1.O=C(Nc1ccccc1C(=O)CCCc1ccccc1)c1cccc(Cl)c1.O=C(Nc1ccccc1C(=O)CCCc1ccccc1)c1ccccc1Cl. The van der Waals surface area contributed by atoms with Crippen molar-refractivity contribution in [2.24, 2.45) is 0 Å². The van der Waals surface area contributed by atoms with Gasteiger partial charge in [0, 0.05) is 119 Å². The molecule has 0 unspecified atom stereocenters. The number of carbonyl (C=O) groups excluding carboxylic acids is 10. The third kappa shape index (κ3) is 33.4. The second kappa shape index (κ2) is 55.9. The lowest BCUT2D eigenvalue weighted by Crippen LogP contribution is -2.44. The molecule has 1 saturated heterocycles. The molecule has 0 aromatic heterocycles. The van der Waals surface area contributed by atoms with Crippen LogP contribution in [0.5, 0.6) is 0 Å². The maximum Gasteiger partial charge on any atom is 0.282 e. The fraction of sp³-hybridized carbons (Fsp3) is 0.176. The Hall–Kier alpha value is -15.6. The minimum atomic E-state index is -0.623. The number of halogens is 3. The van der Waals surface area contributed by atoms with Gasteiger partial charge < -0.3 is 36.4 Å². The highest BCUT2D eigenvalue weighted by Gasteiger charge is 2.25. The maximum atomic E-state index is 12.9. The van der Waals surface area contributed by atoms with Gasteiger partial charge in [-0.3, -0.25) is 58.1 Å². The molecule has 142 heavy (non-hydrogen) atoms. The van der Waals surface area contributed by atoms with E-state index >= 15 is 0 Å². The van der Waals surface area contributed by atoms with Crippen LogP contribution in [-0.4, -0.2) is 113 Å². The predicted octanol–water partition coefficient (Wildman–Crippen LogP) is 27.1. The van der Waals surface area contributed by atoms with E-state index in [-0.39, 0.29) is 63.8 Å². The van der Waals surface area contributed by atoms with Crippen molar-refractivity contribution in [1.82, 2.24) is 9.80 Å². The van der Waals surface area contributed by atoms with Crippen LogP contribution in [0.2, 0.25) is 15.1 Å². The summed E-state index contributed by atoms with van der Waals surface area (Å²) >= 11 is 17.9. The number of Topliss-reactive ketones (excluding diaryl/α,β-unsaturated/α-hetero) is 5. The number of rotatable bonds is 37. The zero-order valence-corrected chi connectivity index (χ0v) is 81.2. The zero-order valence-electron chi connectivity index (χ0n) is 78.9. The van der Waals surface area contributed by atoms with Crippen LogP contribution in [0.3, 0.4) is 0 Å². The number of ketones is 5. The minimum absolute atomic E-state index is 0.0148. The van der Waals surface area contributed by atoms with Gasteiger partial charge in [0.25, 0.3) is 35.2 Å². The molecule has 5 amide bonds. The molecule has 0 spiro atoms. The van der Waals surface area contributed by atoms with E-state index < -0.39 is 10.8 Å². The number of piperazine rings is 1. The lowest BCUT2D eigenvalue weighted by atomic mass is 10.0. The van der Waals surface area contributed by atoms with Crippen molar-refractivity contribution in [1.29, 1.82) is 0 Å². The van der Waals surface area contributed by atoms with Gasteiger partial charge in [0.1, 0.15) is 5.56 Å². The quantitative estimate of drug-likeness (QED) is 0.0105. The summed E-state index contributed by atoms with van der Waals surface area (Å²) in [5.74, 6) is -1.65. The molecule has 1 heterocycles. The summed E-state index contributed by atoms with van der Waals surface area (Å²) in [6.07, 6.45) is 10.3. The molecular weight excluding hydrogens is 1840 g/mol. The van der Waals surface area contributed by atoms with E-state index in [1.807, 2.05) is 146 Å². The number of nitrogens with one attached hydrogen (secondary N) is 5. The van der Waals surface area contributed by atoms with E-state index in [1.54, 1.807) is 182 Å². The van der Waals surface area contributed by atoms with Crippen LogP contribution in [0.1, 0.15) is 196 Å². The lowest BCUT2D eigenvalue weighted by Gasteiger charge is -2.32. The number of fused-ring (bicyclic) bond motifs is 1. The van der Waals surface area contributed by atoms with Gasteiger partial charge >= 0.3 is 0 Å². The van der Waals surface area contributed by atoms with E-state index in [9.17, 15) is 58.1 Å². The number of hydrogen-bond donors (Lipinski definition) is 5. The van der Waals surface area contributed by atoms with Crippen molar-refractivity contribution < 1.29 is 52.9 Å². The van der Waals surface area contributed by atoms with Crippen molar-refractivity contribution in [3.05, 3.63) is 485 Å². The number of nitrogens with zero attached hydrogens (tertiary/aromatic N) is 3. The van der Waals surface area contributed by atoms with Crippen molar-refractivity contribution in [2.75, 3.05) is 66.4 Å². The van der Waals surface area contributed by atoms with Crippen LogP contribution in [0.15, 0.2) is 382 Å². The van der Waals surface area contributed by atoms with Crippen LogP contribution in [0, 0.1) is 10.1 Å². The summed E-state index contributed by atoms with van der Waals surface area (Å²) in [4.78, 5) is 142. The molecule has 0 atom stereocenters. The lowest BCUT2D eigenvalue weighted by molar-refractivity contribution is -0.385. The van der Waals surface area contributed by atoms with E-state index in [1.165, 1.54) is 40.5 Å². The number of hydrogen-bond acceptors (Lipinski definition) is 14. The Morgan fingerprint density at radius 3 is 0.972 bits per heavy atom. The molecule has 20 nitrogen and oxygen atoms in total. The molecule has 0 radical (unpaired) electrons. The number of unbranched alkanes of at least 4 members (excludes halogenated alkanes) is 1. The first-order valence-electron chi connectivity index (χ1n) is 47.3. The third-order valence-corrected chi connectivity index (χ3v) is 24.4. The molecule has 0 saturated carbocycles. The molecule has 1 fully saturated rings. The molecule has 15 aromatic carbocycles. The number of nitro benzene ring substituents is 1. The largest absolute Gasteiger partial charge is 0.321 e. The van der Waals surface area contributed by atoms with Crippen LogP contribution in [-0.2, 0) is 25.7 Å². The van der Waals surface area contributed by atoms with Crippen LogP contribution in [0.25, 0.3) is 10.8 Å². The standard InChI is InChI=1S/C27H31N3O2.3C23H20ClNO2.C23H20N2O4/c1-29-16-18-30(19-17-29)15-7-6-12-26(31)24-10-4-5-11-25(24)28-27(32)23-14-13-21-8-2-3-9-22(21)20-23;24-20-14-6-4-12-18(20)23(27)25-21-15-7-5-13-19(21)22(26)16-8-11-17-9-2-1-3-10-17;24-19-12-7-11-18(16-19)23(27)25-21-14-5-4-13-20(21)22(26)15-6-10-17-8-2-1-3-9-17;24-19-15-13-18(14-16-19)23(27)25-21-11-5-4-10-20(21)22(26)12-6-9-17-7-2-1-3-8-17;26-22(16-8-11-17-9-2-1-3-10-17)18-12-4-6-14-20(18)24-23(27)19-13-5-7-15-21(19)25(28)29/h2-5,8-11,13-14,20H,6-7,12,15-19H2,1H3,(H,28,32);1-7,9-10,12-15H,8,11,16H2,(H,25,27);1-5,7-9,11-14,16H,6,10,15H2,(H,25,27);1-5,7-8,10-11,13-16H,6,9,12H2,(H,25,27);1-7,9-10,12-15H,8,11,16H2,(H,24,27). The van der Waals surface area contributed by atoms with E-state index in [0.29, 0.717) is 132 Å². The Balaban J connectivity index is 0.000000159. The minimum Gasteiger partial charge on any atom is -0.321 e. The second-order valence-corrected chi connectivity index (χ2v) is 35.2. The molecule has 0 aliphatic carbocycles. The number of benzene rings is 15.